The molecule has 1 heterocycles. The fraction of sp³-hybridized carbons (Fsp3) is 0.467. The summed E-state index contributed by atoms with van der Waals surface area (Å²) in [6, 6.07) is 4.87. The van der Waals surface area contributed by atoms with Crippen molar-refractivity contribution in [1.82, 2.24) is 5.32 Å². The van der Waals surface area contributed by atoms with Crippen molar-refractivity contribution in [2.75, 3.05) is 37.8 Å². The van der Waals surface area contributed by atoms with E-state index in [-0.39, 0.29) is 19.0 Å². The van der Waals surface area contributed by atoms with Crippen molar-refractivity contribution in [3.8, 4) is 0 Å². The number of esters is 1. The average Bonchev–Trinajstić information content (AvgIpc) is 2.52. The maximum Gasteiger partial charge on any atom is 0.303 e. The summed E-state index contributed by atoms with van der Waals surface area (Å²) < 4.78 is 24.0. The second-order valence-electron chi connectivity index (χ2n) is 4.94. The summed E-state index contributed by atoms with van der Waals surface area (Å²) in [5.41, 5.74) is 1.18. The monoisotopic (exact) mass is 310 g/mol. The van der Waals surface area contributed by atoms with Crippen LogP contribution in [0.15, 0.2) is 18.2 Å². The number of morpholine rings is 1. The lowest BCUT2D eigenvalue weighted by molar-refractivity contribution is -0.146. The van der Waals surface area contributed by atoms with Gasteiger partial charge in [-0.1, -0.05) is 6.07 Å². The van der Waals surface area contributed by atoms with E-state index in [1.807, 2.05) is 4.90 Å². The summed E-state index contributed by atoms with van der Waals surface area (Å²) in [5, 5.41) is 2.56. The van der Waals surface area contributed by atoms with Gasteiger partial charge in [0.2, 0.25) is 0 Å². The normalized spacial score (nSPS) is 14.5. The number of hydrogen-bond donors (Lipinski definition) is 1. The van der Waals surface area contributed by atoms with Crippen LogP contribution >= 0.6 is 0 Å². The van der Waals surface area contributed by atoms with E-state index in [1.54, 1.807) is 12.1 Å². The molecule has 0 bridgehead atoms. The molecule has 0 spiro atoms. The van der Waals surface area contributed by atoms with Gasteiger partial charge in [-0.3, -0.25) is 9.59 Å². The van der Waals surface area contributed by atoms with E-state index < -0.39 is 11.9 Å². The van der Waals surface area contributed by atoms with Crippen molar-refractivity contribution in [1.29, 1.82) is 0 Å². The number of carbonyl (C=O) groups is 2. The maximum absolute atomic E-state index is 14.1. The number of carbonyl (C=O) groups excluding carboxylic acids is 2. The van der Waals surface area contributed by atoms with Crippen LogP contribution in [-0.4, -0.2) is 44.8 Å². The van der Waals surface area contributed by atoms with Crippen molar-refractivity contribution in [2.24, 2.45) is 0 Å². The molecule has 0 aliphatic carbocycles. The lowest BCUT2D eigenvalue weighted by Gasteiger charge is -2.29. The molecule has 1 N–H and O–H groups in total. The Morgan fingerprint density at radius 3 is 2.73 bits per heavy atom. The Hall–Kier alpha value is -2.15. The number of rotatable bonds is 5. The van der Waals surface area contributed by atoms with Crippen LogP contribution in [0, 0.1) is 5.82 Å². The van der Waals surface area contributed by atoms with Gasteiger partial charge in [-0.25, -0.2) is 4.39 Å². The van der Waals surface area contributed by atoms with Crippen LogP contribution in [0.1, 0.15) is 12.5 Å². The molecule has 1 amide bonds. The van der Waals surface area contributed by atoms with Crippen LogP contribution in [0.3, 0.4) is 0 Å². The van der Waals surface area contributed by atoms with Crippen LogP contribution in [0.5, 0.6) is 0 Å². The van der Waals surface area contributed by atoms with Gasteiger partial charge in [0.05, 0.1) is 18.9 Å². The SMILES string of the molecule is CC(=O)OCC(=O)NCc1ccc(N2CCOCC2)c(F)c1. The van der Waals surface area contributed by atoms with Gasteiger partial charge in [0.15, 0.2) is 6.61 Å². The zero-order valence-electron chi connectivity index (χ0n) is 12.4. The number of nitrogens with zero attached hydrogens (tertiary/aromatic N) is 1. The summed E-state index contributed by atoms with van der Waals surface area (Å²) >= 11 is 0. The molecule has 1 aromatic rings. The first kappa shape index (κ1) is 16.2. The highest BCUT2D eigenvalue weighted by Crippen LogP contribution is 2.21. The zero-order chi connectivity index (χ0) is 15.9. The van der Waals surface area contributed by atoms with Crippen molar-refractivity contribution in [2.45, 2.75) is 13.5 Å². The molecule has 22 heavy (non-hydrogen) atoms. The van der Waals surface area contributed by atoms with Gasteiger partial charge in [0.1, 0.15) is 5.82 Å². The Labute approximate surface area is 128 Å². The summed E-state index contributed by atoms with van der Waals surface area (Å²) in [6.45, 7) is 3.59. The third-order valence-electron chi connectivity index (χ3n) is 3.26. The van der Waals surface area contributed by atoms with Crippen LogP contribution in [0.4, 0.5) is 10.1 Å². The topological polar surface area (TPSA) is 67.9 Å². The summed E-state index contributed by atoms with van der Waals surface area (Å²) in [6.07, 6.45) is 0. The second kappa shape index (κ2) is 7.74. The standard InChI is InChI=1S/C15H19FN2O4/c1-11(19)22-10-15(20)17-9-12-2-3-14(13(16)8-12)18-4-6-21-7-5-18/h2-3,8H,4-7,9-10H2,1H3,(H,17,20). The van der Waals surface area contributed by atoms with E-state index in [1.165, 1.54) is 13.0 Å². The zero-order valence-corrected chi connectivity index (χ0v) is 12.4. The maximum atomic E-state index is 14.1. The molecule has 120 valence electrons. The first-order valence-electron chi connectivity index (χ1n) is 7.07. The molecule has 1 saturated heterocycles. The summed E-state index contributed by atoms with van der Waals surface area (Å²) in [5.74, 6) is -1.27. The smallest absolute Gasteiger partial charge is 0.303 e. The molecule has 1 aromatic carbocycles. The Bertz CT molecular complexity index is 544. The Kier molecular flexibility index (Phi) is 5.71. The van der Waals surface area contributed by atoms with Crippen molar-refractivity contribution < 1.29 is 23.5 Å². The third kappa shape index (κ3) is 4.70. The number of nitrogens with one attached hydrogen (secondary N) is 1. The van der Waals surface area contributed by atoms with Gasteiger partial charge in [-0.15, -0.1) is 0 Å². The van der Waals surface area contributed by atoms with Gasteiger partial charge in [0.25, 0.3) is 5.91 Å². The van der Waals surface area contributed by atoms with E-state index in [2.05, 4.69) is 10.1 Å². The van der Waals surface area contributed by atoms with Gasteiger partial charge < -0.3 is 19.7 Å². The van der Waals surface area contributed by atoms with Crippen LogP contribution in [0.2, 0.25) is 0 Å². The average molecular weight is 310 g/mol. The van der Waals surface area contributed by atoms with E-state index in [0.717, 1.165) is 0 Å². The number of hydrogen-bond acceptors (Lipinski definition) is 5. The van der Waals surface area contributed by atoms with Gasteiger partial charge in [-0.2, -0.15) is 0 Å². The first-order chi connectivity index (χ1) is 10.6. The highest BCUT2D eigenvalue weighted by atomic mass is 19.1. The molecule has 1 aliphatic heterocycles. The molecule has 0 unspecified atom stereocenters. The largest absolute Gasteiger partial charge is 0.456 e. The first-order valence-corrected chi connectivity index (χ1v) is 7.07. The van der Waals surface area contributed by atoms with Crippen LogP contribution < -0.4 is 10.2 Å². The van der Waals surface area contributed by atoms with Gasteiger partial charge in [0, 0.05) is 26.6 Å². The van der Waals surface area contributed by atoms with E-state index in [9.17, 15) is 14.0 Å². The lowest BCUT2D eigenvalue weighted by atomic mass is 10.1. The predicted molar refractivity (Wildman–Crippen MR) is 77.9 cm³/mol. The number of ether oxygens (including phenoxy) is 2. The molecule has 7 heteroatoms. The fourth-order valence-electron chi connectivity index (χ4n) is 2.14. The summed E-state index contributed by atoms with van der Waals surface area (Å²) in [7, 11) is 0. The Morgan fingerprint density at radius 1 is 1.36 bits per heavy atom. The molecule has 1 aliphatic rings. The Morgan fingerprint density at radius 2 is 2.09 bits per heavy atom. The lowest BCUT2D eigenvalue weighted by Crippen LogP contribution is -2.36. The molecule has 0 saturated carbocycles. The van der Waals surface area contributed by atoms with Crippen LogP contribution in [-0.2, 0) is 25.6 Å². The van der Waals surface area contributed by atoms with Crippen molar-refractivity contribution >= 4 is 17.6 Å². The minimum atomic E-state index is -0.518. The van der Waals surface area contributed by atoms with E-state index >= 15 is 0 Å². The van der Waals surface area contributed by atoms with Gasteiger partial charge >= 0.3 is 5.97 Å². The number of anilines is 1. The molecule has 1 fully saturated rings. The minimum absolute atomic E-state index is 0.181. The number of halogens is 1. The summed E-state index contributed by atoms with van der Waals surface area (Å²) in [4.78, 5) is 23.9. The fourth-order valence-corrected chi connectivity index (χ4v) is 2.14. The number of amides is 1. The molecule has 2 rings (SSSR count). The third-order valence-corrected chi connectivity index (χ3v) is 3.26. The van der Waals surface area contributed by atoms with E-state index in [0.29, 0.717) is 37.6 Å². The van der Waals surface area contributed by atoms with Crippen molar-refractivity contribution in [3.63, 3.8) is 0 Å². The highest BCUT2D eigenvalue weighted by molar-refractivity contribution is 5.79. The predicted octanol–water partition coefficient (Wildman–Crippen LogP) is 0.842. The molecular weight excluding hydrogens is 291 g/mol. The molecular formula is C15H19FN2O4. The van der Waals surface area contributed by atoms with Gasteiger partial charge in [-0.05, 0) is 17.7 Å². The molecule has 0 atom stereocenters. The quantitative estimate of drug-likeness (QED) is 0.816. The highest BCUT2D eigenvalue weighted by Gasteiger charge is 2.15. The number of benzene rings is 1. The Balaban J connectivity index is 1.89. The molecule has 0 aromatic heterocycles. The second-order valence-corrected chi connectivity index (χ2v) is 4.94. The van der Waals surface area contributed by atoms with Crippen LogP contribution in [0.25, 0.3) is 0 Å². The molecule has 6 nitrogen and oxygen atoms in total. The van der Waals surface area contributed by atoms with Crippen molar-refractivity contribution in [3.05, 3.63) is 29.6 Å². The van der Waals surface area contributed by atoms with E-state index in [4.69, 9.17) is 4.74 Å². The molecule has 0 radical (unpaired) electrons. The minimum Gasteiger partial charge on any atom is -0.456 e.